The summed E-state index contributed by atoms with van der Waals surface area (Å²) in [5, 5.41) is 12.4. The lowest BCUT2D eigenvalue weighted by atomic mass is 10.1. The molecule has 1 unspecified atom stereocenters. The van der Waals surface area contributed by atoms with Crippen LogP contribution in [0.25, 0.3) is 11.5 Å². The van der Waals surface area contributed by atoms with Gasteiger partial charge in [0, 0.05) is 17.1 Å². The Morgan fingerprint density at radius 2 is 1.71 bits per heavy atom. The third kappa shape index (κ3) is 4.27. The van der Waals surface area contributed by atoms with E-state index in [2.05, 4.69) is 15.5 Å². The highest BCUT2D eigenvalue weighted by Gasteiger charge is 2.21. The van der Waals surface area contributed by atoms with Crippen molar-refractivity contribution in [2.24, 2.45) is 0 Å². The minimum atomic E-state index is -0.353. The van der Waals surface area contributed by atoms with Gasteiger partial charge in [0.2, 0.25) is 11.8 Å². The van der Waals surface area contributed by atoms with Crippen molar-refractivity contribution in [1.82, 2.24) is 15.5 Å². The second kappa shape index (κ2) is 8.33. The van der Waals surface area contributed by atoms with Crippen molar-refractivity contribution in [3.63, 3.8) is 0 Å². The van der Waals surface area contributed by atoms with Crippen LogP contribution in [0.15, 0.2) is 83.3 Å². The zero-order chi connectivity index (χ0) is 19.3. The molecule has 4 nitrogen and oxygen atoms in total. The van der Waals surface area contributed by atoms with E-state index in [0.29, 0.717) is 23.0 Å². The van der Waals surface area contributed by atoms with Crippen LogP contribution in [0.3, 0.4) is 0 Å². The van der Waals surface area contributed by atoms with Crippen LogP contribution in [0, 0.1) is 5.82 Å². The summed E-state index contributed by atoms with van der Waals surface area (Å²) in [6, 6.07) is 23.3. The summed E-state index contributed by atoms with van der Waals surface area (Å²) in [7, 11) is 0. The second-order valence-electron chi connectivity index (χ2n) is 6.31. The molecule has 28 heavy (non-hydrogen) atoms. The molecule has 0 amide bonds. The molecular formula is C22H17ClFN3O. The quantitative estimate of drug-likeness (QED) is 0.476. The van der Waals surface area contributed by atoms with E-state index in [4.69, 9.17) is 16.0 Å². The average molecular weight is 394 g/mol. The Bertz CT molecular complexity index is 1050. The molecule has 4 rings (SSSR count). The van der Waals surface area contributed by atoms with Gasteiger partial charge in [-0.25, -0.2) is 4.39 Å². The van der Waals surface area contributed by atoms with Crippen LogP contribution in [0.1, 0.15) is 23.1 Å². The zero-order valence-corrected chi connectivity index (χ0v) is 15.6. The summed E-state index contributed by atoms with van der Waals surface area (Å²) in [5.41, 5.74) is 2.61. The first kappa shape index (κ1) is 18.3. The average Bonchev–Trinajstić information content (AvgIpc) is 3.20. The summed E-state index contributed by atoms with van der Waals surface area (Å²) in [6.07, 6.45) is 0. The highest BCUT2D eigenvalue weighted by atomic mass is 35.5. The van der Waals surface area contributed by atoms with Crippen LogP contribution in [0.2, 0.25) is 5.02 Å². The lowest BCUT2D eigenvalue weighted by Crippen LogP contribution is -2.22. The monoisotopic (exact) mass is 393 g/mol. The van der Waals surface area contributed by atoms with Crippen LogP contribution in [0.5, 0.6) is 0 Å². The Labute approximate surface area is 167 Å². The molecule has 3 aromatic carbocycles. The van der Waals surface area contributed by atoms with E-state index in [1.54, 1.807) is 12.1 Å². The first-order valence-corrected chi connectivity index (χ1v) is 9.19. The van der Waals surface area contributed by atoms with Gasteiger partial charge in [0.15, 0.2) is 0 Å². The number of nitrogens with zero attached hydrogens (tertiary/aromatic N) is 2. The largest absolute Gasteiger partial charge is 0.419 e. The van der Waals surface area contributed by atoms with Gasteiger partial charge in [-0.1, -0.05) is 60.1 Å². The maximum absolute atomic E-state index is 13.5. The molecule has 0 spiro atoms. The number of aromatic nitrogens is 2. The van der Waals surface area contributed by atoms with Gasteiger partial charge in [-0.15, -0.1) is 10.2 Å². The van der Waals surface area contributed by atoms with E-state index in [1.165, 1.54) is 12.1 Å². The van der Waals surface area contributed by atoms with Crippen molar-refractivity contribution in [2.75, 3.05) is 0 Å². The topological polar surface area (TPSA) is 51.0 Å². The van der Waals surface area contributed by atoms with Gasteiger partial charge in [-0.2, -0.15) is 0 Å². The normalized spacial score (nSPS) is 12.1. The molecule has 0 aliphatic rings. The molecule has 0 aliphatic heterocycles. The van der Waals surface area contributed by atoms with Crippen LogP contribution in [0.4, 0.5) is 4.39 Å². The van der Waals surface area contributed by atoms with Gasteiger partial charge in [0.25, 0.3) is 0 Å². The van der Waals surface area contributed by atoms with E-state index >= 15 is 0 Å². The fourth-order valence-corrected chi connectivity index (χ4v) is 3.03. The Morgan fingerprint density at radius 1 is 0.929 bits per heavy atom. The lowest BCUT2D eigenvalue weighted by Gasteiger charge is -2.16. The minimum Gasteiger partial charge on any atom is -0.419 e. The maximum Gasteiger partial charge on any atom is 0.247 e. The zero-order valence-electron chi connectivity index (χ0n) is 14.8. The van der Waals surface area contributed by atoms with Gasteiger partial charge < -0.3 is 4.42 Å². The van der Waals surface area contributed by atoms with Gasteiger partial charge in [-0.3, -0.25) is 5.32 Å². The molecular weight excluding hydrogens is 377 g/mol. The van der Waals surface area contributed by atoms with Crippen molar-refractivity contribution in [3.8, 4) is 11.5 Å². The molecule has 0 saturated heterocycles. The molecule has 1 N–H and O–H groups in total. The Kier molecular flexibility index (Phi) is 5.46. The predicted octanol–water partition coefficient (Wildman–Crippen LogP) is 5.41. The third-order valence-electron chi connectivity index (χ3n) is 4.32. The first-order valence-electron chi connectivity index (χ1n) is 8.81. The number of hydrogen-bond donors (Lipinski definition) is 1. The first-order chi connectivity index (χ1) is 13.7. The van der Waals surface area contributed by atoms with Crippen molar-refractivity contribution in [1.29, 1.82) is 0 Å². The summed E-state index contributed by atoms with van der Waals surface area (Å²) < 4.78 is 19.4. The van der Waals surface area contributed by atoms with E-state index < -0.39 is 0 Å². The standard InChI is InChI=1S/C22H17ClFN3O/c23-18-11-9-16(10-12-18)20(25-14-15-5-2-1-3-6-15)22-27-26-21(28-22)17-7-4-8-19(24)13-17/h1-13,20,25H,14H2. The minimum absolute atomic E-state index is 0.273. The number of nitrogens with one attached hydrogen (secondary N) is 1. The van der Waals surface area contributed by atoms with Crippen LogP contribution in [-0.4, -0.2) is 10.2 Å². The fourth-order valence-electron chi connectivity index (χ4n) is 2.91. The van der Waals surface area contributed by atoms with Crippen LogP contribution >= 0.6 is 11.6 Å². The molecule has 0 radical (unpaired) electrons. The Balaban J connectivity index is 1.64. The molecule has 1 aromatic heterocycles. The maximum atomic E-state index is 13.5. The molecule has 1 atom stereocenters. The smallest absolute Gasteiger partial charge is 0.247 e. The number of hydrogen-bond acceptors (Lipinski definition) is 4. The van der Waals surface area contributed by atoms with Crippen LogP contribution in [-0.2, 0) is 6.54 Å². The second-order valence-corrected chi connectivity index (χ2v) is 6.74. The van der Waals surface area contributed by atoms with Crippen molar-refractivity contribution >= 4 is 11.6 Å². The highest BCUT2D eigenvalue weighted by Crippen LogP contribution is 2.26. The van der Waals surface area contributed by atoms with E-state index in [1.807, 2.05) is 54.6 Å². The molecule has 0 aliphatic carbocycles. The van der Waals surface area contributed by atoms with Crippen molar-refractivity contribution < 1.29 is 8.81 Å². The number of benzene rings is 3. The summed E-state index contributed by atoms with van der Waals surface area (Å²) in [6.45, 7) is 0.617. The fraction of sp³-hybridized carbons (Fsp3) is 0.0909. The highest BCUT2D eigenvalue weighted by molar-refractivity contribution is 6.30. The summed E-state index contributed by atoms with van der Waals surface area (Å²) in [4.78, 5) is 0. The van der Waals surface area contributed by atoms with Gasteiger partial charge in [0.1, 0.15) is 11.9 Å². The molecule has 140 valence electrons. The number of rotatable bonds is 6. The summed E-state index contributed by atoms with van der Waals surface area (Å²) >= 11 is 6.03. The molecule has 0 saturated carbocycles. The molecule has 0 bridgehead atoms. The van der Waals surface area contributed by atoms with Crippen LogP contribution < -0.4 is 5.32 Å². The molecule has 1 heterocycles. The molecule has 6 heteroatoms. The van der Waals surface area contributed by atoms with Crippen molar-refractivity contribution in [2.45, 2.75) is 12.6 Å². The molecule has 0 fully saturated rings. The summed E-state index contributed by atoms with van der Waals surface area (Å²) in [5.74, 6) is 0.321. The predicted molar refractivity (Wildman–Crippen MR) is 106 cm³/mol. The number of halogens is 2. The lowest BCUT2D eigenvalue weighted by molar-refractivity contribution is 0.438. The third-order valence-corrected chi connectivity index (χ3v) is 4.57. The molecule has 4 aromatic rings. The SMILES string of the molecule is Fc1cccc(-c2nnc(C(NCc3ccccc3)c3ccc(Cl)cc3)o2)c1. The van der Waals surface area contributed by atoms with Gasteiger partial charge >= 0.3 is 0 Å². The van der Waals surface area contributed by atoms with Crippen molar-refractivity contribution in [3.05, 3.63) is 107 Å². The van der Waals surface area contributed by atoms with Gasteiger partial charge in [-0.05, 0) is 41.5 Å². The van der Waals surface area contributed by atoms with E-state index in [9.17, 15) is 4.39 Å². The van der Waals surface area contributed by atoms with E-state index in [-0.39, 0.29) is 17.7 Å². The Morgan fingerprint density at radius 3 is 2.46 bits per heavy atom. The Hall–Kier alpha value is -3.02. The van der Waals surface area contributed by atoms with E-state index in [0.717, 1.165) is 11.1 Å². The van der Waals surface area contributed by atoms with Gasteiger partial charge in [0.05, 0.1) is 0 Å².